The Balaban J connectivity index is 1.85. The van der Waals surface area contributed by atoms with Gasteiger partial charge in [-0.2, -0.15) is 0 Å². The molecule has 0 spiro atoms. The van der Waals surface area contributed by atoms with E-state index in [9.17, 15) is 0 Å². The van der Waals surface area contributed by atoms with Gasteiger partial charge in [0.25, 0.3) is 0 Å². The number of halogens is 2. The predicted molar refractivity (Wildman–Crippen MR) is 76.6 cm³/mol. The van der Waals surface area contributed by atoms with Gasteiger partial charge in [-0.05, 0) is 46.7 Å². The fourth-order valence-corrected chi connectivity index (χ4v) is 3.10. The maximum absolute atomic E-state index is 5.86. The van der Waals surface area contributed by atoms with Crippen LogP contribution in [0.2, 0.25) is 5.02 Å². The van der Waals surface area contributed by atoms with Gasteiger partial charge in [0, 0.05) is 12.7 Å². The SMILES string of the molecule is CC1CCC(CNc2ncc(Cl)cc2Br)CC1. The number of nitrogens with zero attached hydrogens (tertiary/aromatic N) is 1. The third-order valence-electron chi connectivity index (χ3n) is 3.50. The van der Waals surface area contributed by atoms with Gasteiger partial charge >= 0.3 is 0 Å². The van der Waals surface area contributed by atoms with Crippen LogP contribution in [-0.2, 0) is 0 Å². The first-order valence-corrected chi connectivity index (χ1v) is 7.37. The molecule has 1 N–H and O–H groups in total. The van der Waals surface area contributed by atoms with Crippen molar-refractivity contribution in [2.24, 2.45) is 11.8 Å². The molecule has 4 heteroatoms. The molecule has 0 unspecified atom stereocenters. The van der Waals surface area contributed by atoms with E-state index >= 15 is 0 Å². The highest BCUT2D eigenvalue weighted by Crippen LogP contribution is 2.29. The summed E-state index contributed by atoms with van der Waals surface area (Å²) in [7, 11) is 0. The van der Waals surface area contributed by atoms with Crippen molar-refractivity contribution < 1.29 is 0 Å². The average molecular weight is 318 g/mol. The second kappa shape index (κ2) is 6.05. The Labute approximate surface area is 116 Å². The van der Waals surface area contributed by atoms with E-state index in [1.54, 1.807) is 6.20 Å². The van der Waals surface area contributed by atoms with Crippen LogP contribution in [0.15, 0.2) is 16.7 Å². The van der Waals surface area contributed by atoms with Gasteiger partial charge in [-0.3, -0.25) is 0 Å². The van der Waals surface area contributed by atoms with Crippen LogP contribution in [0.3, 0.4) is 0 Å². The zero-order valence-electron chi connectivity index (χ0n) is 10.0. The Morgan fingerprint density at radius 1 is 1.41 bits per heavy atom. The van der Waals surface area contributed by atoms with Crippen molar-refractivity contribution in [3.8, 4) is 0 Å². The summed E-state index contributed by atoms with van der Waals surface area (Å²) >= 11 is 9.33. The van der Waals surface area contributed by atoms with Gasteiger partial charge in [-0.25, -0.2) is 4.98 Å². The summed E-state index contributed by atoms with van der Waals surface area (Å²) in [6, 6.07) is 1.87. The first kappa shape index (κ1) is 13.2. The lowest BCUT2D eigenvalue weighted by atomic mass is 9.83. The highest BCUT2D eigenvalue weighted by Gasteiger charge is 2.18. The van der Waals surface area contributed by atoms with Crippen LogP contribution in [0, 0.1) is 11.8 Å². The van der Waals surface area contributed by atoms with Crippen molar-refractivity contribution >= 4 is 33.3 Å². The van der Waals surface area contributed by atoms with Gasteiger partial charge in [0.15, 0.2) is 0 Å². The summed E-state index contributed by atoms with van der Waals surface area (Å²) in [5, 5.41) is 4.07. The highest BCUT2D eigenvalue weighted by molar-refractivity contribution is 9.10. The number of nitrogens with one attached hydrogen (secondary N) is 1. The fourth-order valence-electron chi connectivity index (χ4n) is 2.32. The molecule has 0 amide bonds. The predicted octanol–water partition coefficient (Wildman–Crippen LogP) is 4.74. The summed E-state index contributed by atoms with van der Waals surface area (Å²) in [5.74, 6) is 2.59. The van der Waals surface area contributed by atoms with Gasteiger partial charge in [0.1, 0.15) is 5.82 Å². The molecule has 0 radical (unpaired) electrons. The van der Waals surface area contributed by atoms with Crippen molar-refractivity contribution in [1.82, 2.24) is 4.98 Å². The molecule has 1 aliphatic rings. The summed E-state index contributed by atoms with van der Waals surface area (Å²) in [6.45, 7) is 3.36. The molecule has 0 aromatic carbocycles. The van der Waals surface area contributed by atoms with Crippen molar-refractivity contribution in [3.05, 3.63) is 21.8 Å². The Morgan fingerprint density at radius 2 is 2.12 bits per heavy atom. The van der Waals surface area contributed by atoms with E-state index in [1.165, 1.54) is 25.7 Å². The molecule has 0 aliphatic heterocycles. The zero-order chi connectivity index (χ0) is 12.3. The van der Waals surface area contributed by atoms with E-state index < -0.39 is 0 Å². The second-order valence-corrected chi connectivity index (χ2v) is 6.28. The molecule has 0 bridgehead atoms. The Morgan fingerprint density at radius 3 is 2.76 bits per heavy atom. The summed E-state index contributed by atoms with van der Waals surface area (Å²) in [6.07, 6.45) is 7.07. The molecule has 1 aromatic rings. The number of hydrogen-bond donors (Lipinski definition) is 1. The molecular weight excluding hydrogens is 300 g/mol. The van der Waals surface area contributed by atoms with Gasteiger partial charge in [0.2, 0.25) is 0 Å². The second-order valence-electron chi connectivity index (χ2n) is 4.99. The van der Waals surface area contributed by atoms with Crippen molar-refractivity contribution in [1.29, 1.82) is 0 Å². The molecule has 1 heterocycles. The summed E-state index contributed by atoms with van der Waals surface area (Å²) < 4.78 is 0.939. The molecule has 1 aliphatic carbocycles. The number of anilines is 1. The average Bonchev–Trinajstić information content (AvgIpc) is 2.30. The van der Waals surface area contributed by atoms with E-state index in [0.717, 1.165) is 28.7 Å². The third kappa shape index (κ3) is 3.85. The molecule has 94 valence electrons. The Hall–Kier alpha value is -0.280. The number of pyridine rings is 1. The summed E-state index contributed by atoms with van der Waals surface area (Å²) in [5.41, 5.74) is 0. The van der Waals surface area contributed by atoms with Crippen molar-refractivity contribution in [2.75, 3.05) is 11.9 Å². The Kier molecular flexibility index (Phi) is 4.69. The molecule has 0 atom stereocenters. The van der Waals surface area contributed by atoms with Gasteiger partial charge in [-0.1, -0.05) is 31.4 Å². The van der Waals surface area contributed by atoms with Crippen LogP contribution < -0.4 is 5.32 Å². The van der Waals surface area contributed by atoms with Crippen LogP contribution in [0.4, 0.5) is 5.82 Å². The van der Waals surface area contributed by atoms with Gasteiger partial charge in [0.05, 0.1) is 9.50 Å². The monoisotopic (exact) mass is 316 g/mol. The van der Waals surface area contributed by atoms with E-state index in [1.807, 2.05) is 6.07 Å². The number of rotatable bonds is 3. The minimum Gasteiger partial charge on any atom is -0.369 e. The topological polar surface area (TPSA) is 24.9 Å². The number of aromatic nitrogens is 1. The fraction of sp³-hybridized carbons (Fsp3) is 0.615. The molecule has 2 rings (SSSR count). The van der Waals surface area contributed by atoms with E-state index in [2.05, 4.69) is 33.2 Å². The van der Waals surface area contributed by atoms with Crippen LogP contribution in [0.25, 0.3) is 0 Å². The van der Waals surface area contributed by atoms with Gasteiger partial charge < -0.3 is 5.32 Å². The maximum atomic E-state index is 5.86. The number of hydrogen-bond acceptors (Lipinski definition) is 2. The standard InChI is InChI=1S/C13H18BrClN2/c1-9-2-4-10(5-3-9)7-16-13-12(14)6-11(15)8-17-13/h6,8-10H,2-5,7H2,1H3,(H,16,17). The lowest BCUT2D eigenvalue weighted by Crippen LogP contribution is -2.20. The minimum absolute atomic E-state index is 0.661. The van der Waals surface area contributed by atoms with Crippen molar-refractivity contribution in [2.45, 2.75) is 32.6 Å². The third-order valence-corrected chi connectivity index (χ3v) is 4.31. The van der Waals surface area contributed by atoms with E-state index in [-0.39, 0.29) is 0 Å². The van der Waals surface area contributed by atoms with Crippen LogP contribution in [0.1, 0.15) is 32.6 Å². The molecule has 1 aromatic heterocycles. The zero-order valence-corrected chi connectivity index (χ0v) is 12.4. The molecule has 1 fully saturated rings. The smallest absolute Gasteiger partial charge is 0.140 e. The normalized spacial score (nSPS) is 24.6. The largest absolute Gasteiger partial charge is 0.369 e. The molecule has 0 saturated heterocycles. The molecule has 17 heavy (non-hydrogen) atoms. The van der Waals surface area contributed by atoms with Crippen LogP contribution >= 0.6 is 27.5 Å². The molecule has 2 nitrogen and oxygen atoms in total. The van der Waals surface area contributed by atoms with Crippen LogP contribution in [-0.4, -0.2) is 11.5 Å². The summed E-state index contributed by atoms with van der Waals surface area (Å²) in [4.78, 5) is 4.29. The Bertz CT molecular complexity index is 376. The molecular formula is C13H18BrClN2. The maximum Gasteiger partial charge on any atom is 0.140 e. The van der Waals surface area contributed by atoms with E-state index in [4.69, 9.17) is 11.6 Å². The minimum atomic E-state index is 0.661. The lowest BCUT2D eigenvalue weighted by molar-refractivity contribution is 0.300. The molecule has 1 saturated carbocycles. The van der Waals surface area contributed by atoms with Gasteiger partial charge in [-0.15, -0.1) is 0 Å². The van der Waals surface area contributed by atoms with Crippen LogP contribution in [0.5, 0.6) is 0 Å². The van der Waals surface area contributed by atoms with Crippen molar-refractivity contribution in [3.63, 3.8) is 0 Å². The first-order chi connectivity index (χ1) is 8.15. The highest BCUT2D eigenvalue weighted by atomic mass is 79.9. The van der Waals surface area contributed by atoms with E-state index in [0.29, 0.717) is 5.02 Å². The quantitative estimate of drug-likeness (QED) is 0.871. The lowest BCUT2D eigenvalue weighted by Gasteiger charge is -2.26. The first-order valence-electron chi connectivity index (χ1n) is 6.20.